The Kier molecular flexibility index (Phi) is 3.80. The first-order valence-corrected chi connectivity index (χ1v) is 6.24. The van der Waals surface area contributed by atoms with Crippen LogP contribution in [0.1, 0.15) is 23.7 Å². The van der Waals surface area contributed by atoms with E-state index in [1.807, 2.05) is 0 Å². The zero-order chi connectivity index (χ0) is 14.9. The van der Waals surface area contributed by atoms with Gasteiger partial charge >= 0.3 is 0 Å². The molecule has 0 spiro atoms. The van der Waals surface area contributed by atoms with Gasteiger partial charge in [0.05, 0.1) is 4.92 Å². The Labute approximate surface area is 115 Å². The number of nitro groups is 1. The van der Waals surface area contributed by atoms with E-state index in [2.05, 4.69) is 0 Å². The fourth-order valence-electron chi connectivity index (χ4n) is 2.29. The fourth-order valence-corrected chi connectivity index (χ4v) is 2.29. The molecule has 20 heavy (non-hydrogen) atoms. The largest absolute Gasteiger partial charge is 0.330 e. The van der Waals surface area contributed by atoms with Crippen LogP contribution < -0.4 is 10.6 Å². The maximum absolute atomic E-state index is 11.9. The number of carbonyl (C=O) groups is 2. The average molecular weight is 277 g/mol. The minimum atomic E-state index is -0.579. The second kappa shape index (κ2) is 5.38. The highest BCUT2D eigenvalue weighted by molar-refractivity contribution is 6.00. The maximum atomic E-state index is 11.9. The Balaban J connectivity index is 2.44. The molecule has 0 aliphatic carbocycles. The summed E-state index contributed by atoms with van der Waals surface area (Å²) in [6, 6.07) is 4.15. The first kappa shape index (κ1) is 14.1. The van der Waals surface area contributed by atoms with E-state index in [4.69, 9.17) is 5.73 Å². The third kappa shape index (κ3) is 2.53. The second-order valence-corrected chi connectivity index (χ2v) is 4.83. The van der Waals surface area contributed by atoms with E-state index >= 15 is 0 Å². The van der Waals surface area contributed by atoms with E-state index in [1.165, 1.54) is 30.0 Å². The van der Waals surface area contributed by atoms with Crippen molar-refractivity contribution in [1.82, 2.24) is 0 Å². The van der Waals surface area contributed by atoms with Crippen molar-refractivity contribution < 1.29 is 14.5 Å². The van der Waals surface area contributed by atoms with Gasteiger partial charge in [-0.15, -0.1) is 0 Å². The van der Waals surface area contributed by atoms with E-state index in [0.29, 0.717) is 19.5 Å². The lowest BCUT2D eigenvalue weighted by molar-refractivity contribution is -0.384. The second-order valence-electron chi connectivity index (χ2n) is 4.83. The number of rotatable bonds is 4. The fraction of sp³-hybridized carbons (Fsp3) is 0.385. The van der Waals surface area contributed by atoms with Crippen LogP contribution in [0.25, 0.3) is 0 Å². The standard InChI is InChI=1S/C13H15N3O4/c1-8(17)10-2-3-11(12(5-10)16(19)20)15-7-9(6-14)4-13(15)18/h2-3,5,9H,4,6-7,14H2,1H3. The number of Topliss-reactive ketones (excluding diaryl/α,β-unsaturated/α-hetero) is 1. The van der Waals surface area contributed by atoms with Crippen molar-refractivity contribution in [1.29, 1.82) is 0 Å². The summed E-state index contributed by atoms with van der Waals surface area (Å²) < 4.78 is 0. The Morgan fingerprint density at radius 3 is 2.75 bits per heavy atom. The highest BCUT2D eigenvalue weighted by Gasteiger charge is 2.33. The van der Waals surface area contributed by atoms with Crippen LogP contribution in [-0.2, 0) is 4.79 Å². The van der Waals surface area contributed by atoms with Crippen LogP contribution >= 0.6 is 0 Å². The summed E-state index contributed by atoms with van der Waals surface area (Å²) in [6.07, 6.45) is 0.294. The number of ketones is 1. The molecule has 2 N–H and O–H groups in total. The molecule has 1 aliphatic rings. The first-order valence-electron chi connectivity index (χ1n) is 6.24. The molecule has 1 aliphatic heterocycles. The smallest absolute Gasteiger partial charge is 0.293 e. The number of benzene rings is 1. The van der Waals surface area contributed by atoms with E-state index in [-0.39, 0.29) is 34.5 Å². The molecule has 1 fully saturated rings. The lowest BCUT2D eigenvalue weighted by Gasteiger charge is -2.16. The van der Waals surface area contributed by atoms with Crippen LogP contribution in [0.2, 0.25) is 0 Å². The molecule has 7 heteroatoms. The van der Waals surface area contributed by atoms with Crippen molar-refractivity contribution in [3.63, 3.8) is 0 Å². The molecule has 106 valence electrons. The van der Waals surface area contributed by atoms with Crippen LogP contribution in [0.4, 0.5) is 11.4 Å². The third-order valence-electron chi connectivity index (χ3n) is 3.41. The van der Waals surface area contributed by atoms with Crippen molar-refractivity contribution in [2.45, 2.75) is 13.3 Å². The van der Waals surface area contributed by atoms with Crippen LogP contribution in [0.15, 0.2) is 18.2 Å². The lowest BCUT2D eigenvalue weighted by atomic mass is 10.1. The quantitative estimate of drug-likeness (QED) is 0.504. The zero-order valence-corrected chi connectivity index (χ0v) is 11.0. The molecule has 1 aromatic rings. The average Bonchev–Trinajstić information content (AvgIpc) is 2.79. The molecule has 1 heterocycles. The molecule has 7 nitrogen and oxygen atoms in total. The molecule has 1 saturated heterocycles. The normalized spacial score (nSPS) is 18.4. The van der Waals surface area contributed by atoms with Gasteiger partial charge < -0.3 is 10.6 Å². The van der Waals surface area contributed by atoms with Gasteiger partial charge in [-0.1, -0.05) is 0 Å². The van der Waals surface area contributed by atoms with Crippen LogP contribution in [0.5, 0.6) is 0 Å². The highest BCUT2D eigenvalue weighted by atomic mass is 16.6. The first-order chi connectivity index (χ1) is 9.43. The van der Waals surface area contributed by atoms with E-state index in [0.717, 1.165) is 0 Å². The Bertz CT molecular complexity index is 585. The topological polar surface area (TPSA) is 107 Å². The van der Waals surface area contributed by atoms with Crippen LogP contribution in [0.3, 0.4) is 0 Å². The third-order valence-corrected chi connectivity index (χ3v) is 3.41. The number of hydrogen-bond acceptors (Lipinski definition) is 5. The van der Waals surface area contributed by atoms with Gasteiger partial charge in [-0.3, -0.25) is 19.7 Å². The van der Waals surface area contributed by atoms with Gasteiger partial charge in [0.25, 0.3) is 5.69 Å². The summed E-state index contributed by atoms with van der Waals surface area (Å²) in [5.74, 6) is -0.430. The van der Waals surface area contributed by atoms with Gasteiger partial charge in [0, 0.05) is 24.6 Å². The molecule has 1 atom stereocenters. The molecule has 0 radical (unpaired) electrons. The lowest BCUT2D eigenvalue weighted by Crippen LogP contribution is -2.26. The SMILES string of the molecule is CC(=O)c1ccc(N2CC(CN)CC2=O)c([N+](=O)[O-])c1. The van der Waals surface area contributed by atoms with Crippen molar-refractivity contribution >= 4 is 23.1 Å². The summed E-state index contributed by atoms with van der Waals surface area (Å²) in [4.78, 5) is 35.2. The van der Waals surface area contributed by atoms with Crippen molar-refractivity contribution in [3.05, 3.63) is 33.9 Å². The summed E-state index contributed by atoms with van der Waals surface area (Å²) in [7, 11) is 0. The molecule has 0 saturated carbocycles. The Morgan fingerprint density at radius 2 is 2.25 bits per heavy atom. The summed E-state index contributed by atoms with van der Waals surface area (Å²) in [5.41, 5.74) is 5.78. The molecular weight excluding hydrogens is 262 g/mol. The summed E-state index contributed by atoms with van der Waals surface area (Å²) in [6.45, 7) is 2.07. The predicted molar refractivity (Wildman–Crippen MR) is 72.6 cm³/mol. The minimum absolute atomic E-state index is 0.00888. The molecule has 1 unspecified atom stereocenters. The van der Waals surface area contributed by atoms with Gasteiger partial charge in [0.2, 0.25) is 5.91 Å². The number of anilines is 1. The Hall–Kier alpha value is -2.28. The Morgan fingerprint density at radius 1 is 1.55 bits per heavy atom. The summed E-state index contributed by atoms with van der Waals surface area (Å²) >= 11 is 0. The van der Waals surface area contributed by atoms with Crippen molar-refractivity contribution in [3.8, 4) is 0 Å². The summed E-state index contributed by atoms with van der Waals surface area (Å²) in [5, 5.41) is 11.1. The number of nitrogens with two attached hydrogens (primary N) is 1. The van der Waals surface area contributed by atoms with E-state index in [9.17, 15) is 19.7 Å². The molecule has 0 bridgehead atoms. The molecule has 1 amide bonds. The minimum Gasteiger partial charge on any atom is -0.330 e. The van der Waals surface area contributed by atoms with Gasteiger partial charge in [-0.05, 0) is 31.5 Å². The number of nitro benzene ring substituents is 1. The zero-order valence-electron chi connectivity index (χ0n) is 11.0. The van der Waals surface area contributed by atoms with Crippen molar-refractivity contribution in [2.75, 3.05) is 18.0 Å². The van der Waals surface area contributed by atoms with Gasteiger partial charge in [0.1, 0.15) is 5.69 Å². The van der Waals surface area contributed by atoms with Gasteiger partial charge in [0.15, 0.2) is 5.78 Å². The van der Waals surface area contributed by atoms with E-state index in [1.54, 1.807) is 0 Å². The number of hydrogen-bond donors (Lipinski definition) is 1. The number of nitrogens with zero attached hydrogens (tertiary/aromatic N) is 2. The van der Waals surface area contributed by atoms with Crippen molar-refractivity contribution in [2.24, 2.45) is 11.7 Å². The highest BCUT2D eigenvalue weighted by Crippen LogP contribution is 2.33. The molecule has 2 rings (SSSR count). The van der Waals surface area contributed by atoms with E-state index < -0.39 is 4.92 Å². The molecule has 0 aromatic heterocycles. The van der Waals surface area contributed by atoms with Gasteiger partial charge in [-0.25, -0.2) is 0 Å². The predicted octanol–water partition coefficient (Wildman–Crippen LogP) is 1.11. The van der Waals surface area contributed by atoms with Crippen LogP contribution in [0, 0.1) is 16.0 Å². The number of amides is 1. The molecular formula is C13H15N3O4. The monoisotopic (exact) mass is 277 g/mol. The number of carbonyl (C=O) groups excluding carboxylic acids is 2. The van der Waals surface area contributed by atoms with Gasteiger partial charge in [-0.2, -0.15) is 0 Å². The van der Waals surface area contributed by atoms with Crippen LogP contribution in [-0.4, -0.2) is 29.7 Å². The molecule has 1 aromatic carbocycles. The maximum Gasteiger partial charge on any atom is 0.293 e.